The second-order valence-electron chi connectivity index (χ2n) is 5.52. The first-order valence-corrected chi connectivity index (χ1v) is 8.43. The molecule has 6 heteroatoms. The van der Waals surface area contributed by atoms with Gasteiger partial charge < -0.3 is 5.11 Å². The molecule has 0 unspecified atom stereocenters. The van der Waals surface area contributed by atoms with Crippen LogP contribution in [0.25, 0.3) is 5.57 Å². The summed E-state index contributed by atoms with van der Waals surface area (Å²) in [5, 5.41) is 23.0. The Labute approximate surface area is 153 Å². The minimum Gasteiger partial charge on any atom is -0.507 e. The van der Waals surface area contributed by atoms with Crippen molar-refractivity contribution in [3.05, 3.63) is 69.2 Å². The third kappa shape index (κ3) is 3.62. The monoisotopic (exact) mass is 395 g/mol. The standard InChI is InChI=1S/C19H14BrN3O2/c20-14-6-8-18(24)13(9-14)11-22-23-19(25)17(10-21)16-7-5-12-3-1-2-4-15(12)16/h1-4,6,8-9,11,24H,5,7H2,(H,23,25). The molecule has 0 radical (unpaired) electrons. The Kier molecular flexibility index (Phi) is 4.96. The van der Waals surface area contributed by atoms with Crippen LogP contribution in [0.1, 0.15) is 23.1 Å². The van der Waals surface area contributed by atoms with Crippen molar-refractivity contribution in [2.75, 3.05) is 0 Å². The smallest absolute Gasteiger partial charge is 0.282 e. The number of nitriles is 1. The van der Waals surface area contributed by atoms with Crippen LogP contribution in [0.2, 0.25) is 0 Å². The maximum absolute atomic E-state index is 12.3. The minimum atomic E-state index is -0.556. The summed E-state index contributed by atoms with van der Waals surface area (Å²) in [6.07, 6.45) is 2.81. The fourth-order valence-corrected chi connectivity index (χ4v) is 3.17. The van der Waals surface area contributed by atoms with Crippen molar-refractivity contribution in [2.45, 2.75) is 12.8 Å². The minimum absolute atomic E-state index is 0.0461. The van der Waals surface area contributed by atoms with E-state index in [1.807, 2.05) is 30.3 Å². The van der Waals surface area contributed by atoms with Crippen LogP contribution in [-0.2, 0) is 11.2 Å². The molecule has 0 fully saturated rings. The number of halogens is 1. The molecule has 0 atom stereocenters. The maximum atomic E-state index is 12.3. The van der Waals surface area contributed by atoms with Crippen LogP contribution in [0.4, 0.5) is 0 Å². The van der Waals surface area contributed by atoms with Crippen molar-refractivity contribution in [1.82, 2.24) is 5.43 Å². The second kappa shape index (κ2) is 7.32. The van der Waals surface area contributed by atoms with E-state index in [2.05, 4.69) is 26.5 Å². The van der Waals surface area contributed by atoms with E-state index < -0.39 is 5.91 Å². The molecule has 2 N–H and O–H groups in total. The third-order valence-electron chi connectivity index (χ3n) is 3.99. The van der Waals surface area contributed by atoms with Gasteiger partial charge in [0.05, 0.1) is 6.21 Å². The summed E-state index contributed by atoms with van der Waals surface area (Å²) in [5.74, 6) is -0.510. The zero-order valence-electron chi connectivity index (χ0n) is 13.2. The zero-order chi connectivity index (χ0) is 17.8. The highest BCUT2D eigenvalue weighted by atomic mass is 79.9. The van der Waals surface area contributed by atoms with Gasteiger partial charge in [0, 0.05) is 10.0 Å². The fourth-order valence-electron chi connectivity index (χ4n) is 2.79. The Balaban J connectivity index is 1.81. The van der Waals surface area contributed by atoms with Crippen LogP contribution in [-0.4, -0.2) is 17.2 Å². The van der Waals surface area contributed by atoms with Crippen molar-refractivity contribution in [3.8, 4) is 11.8 Å². The van der Waals surface area contributed by atoms with Gasteiger partial charge in [0.15, 0.2) is 0 Å². The van der Waals surface area contributed by atoms with Gasteiger partial charge in [-0.25, -0.2) is 5.43 Å². The lowest BCUT2D eigenvalue weighted by Crippen LogP contribution is -2.20. The van der Waals surface area contributed by atoms with Gasteiger partial charge in [-0.15, -0.1) is 0 Å². The van der Waals surface area contributed by atoms with E-state index in [0.29, 0.717) is 12.0 Å². The van der Waals surface area contributed by atoms with Gasteiger partial charge in [0.2, 0.25) is 0 Å². The SMILES string of the molecule is N#CC(C(=O)NN=Cc1cc(Br)ccc1O)=C1CCc2ccccc21. The van der Waals surface area contributed by atoms with E-state index in [4.69, 9.17) is 0 Å². The summed E-state index contributed by atoms with van der Waals surface area (Å²) in [6, 6.07) is 14.6. The summed E-state index contributed by atoms with van der Waals surface area (Å²) >= 11 is 3.30. The number of hydrogen-bond donors (Lipinski definition) is 2. The summed E-state index contributed by atoms with van der Waals surface area (Å²) in [7, 11) is 0. The van der Waals surface area contributed by atoms with Crippen molar-refractivity contribution < 1.29 is 9.90 Å². The molecule has 124 valence electrons. The second-order valence-corrected chi connectivity index (χ2v) is 6.44. The van der Waals surface area contributed by atoms with Crippen molar-refractivity contribution in [2.24, 2.45) is 5.10 Å². The lowest BCUT2D eigenvalue weighted by Gasteiger charge is -2.04. The van der Waals surface area contributed by atoms with Crippen LogP contribution < -0.4 is 5.43 Å². The highest BCUT2D eigenvalue weighted by Crippen LogP contribution is 2.34. The van der Waals surface area contributed by atoms with E-state index in [0.717, 1.165) is 27.6 Å². The molecule has 2 aromatic carbocycles. The third-order valence-corrected chi connectivity index (χ3v) is 4.48. The molecule has 0 aliphatic heterocycles. The number of phenolic OH excluding ortho intramolecular Hbond substituents is 1. The number of phenols is 1. The number of hydrazone groups is 1. The molecule has 1 amide bonds. The lowest BCUT2D eigenvalue weighted by molar-refractivity contribution is -0.117. The van der Waals surface area contributed by atoms with Crippen LogP contribution in [0, 0.1) is 11.3 Å². The Morgan fingerprint density at radius 1 is 1.28 bits per heavy atom. The molecule has 0 spiro atoms. The number of rotatable bonds is 3. The summed E-state index contributed by atoms with van der Waals surface area (Å²) in [4.78, 5) is 12.3. The van der Waals surface area contributed by atoms with Gasteiger partial charge >= 0.3 is 0 Å². The normalized spacial score (nSPS) is 14.9. The average molecular weight is 396 g/mol. The molecule has 1 aliphatic rings. The number of allylic oxidation sites excluding steroid dienone is 1. The van der Waals surface area contributed by atoms with Gasteiger partial charge in [-0.2, -0.15) is 10.4 Å². The van der Waals surface area contributed by atoms with E-state index in [1.54, 1.807) is 12.1 Å². The van der Waals surface area contributed by atoms with E-state index >= 15 is 0 Å². The number of fused-ring (bicyclic) bond motifs is 1. The molecule has 1 aliphatic carbocycles. The number of nitrogens with zero attached hydrogens (tertiary/aromatic N) is 2. The van der Waals surface area contributed by atoms with Crippen molar-refractivity contribution in [3.63, 3.8) is 0 Å². The first-order valence-electron chi connectivity index (χ1n) is 7.63. The van der Waals surface area contributed by atoms with E-state index in [-0.39, 0.29) is 11.3 Å². The van der Waals surface area contributed by atoms with E-state index in [1.165, 1.54) is 12.3 Å². The van der Waals surface area contributed by atoms with Crippen molar-refractivity contribution in [1.29, 1.82) is 5.26 Å². The molecular weight excluding hydrogens is 382 g/mol. The molecule has 0 saturated carbocycles. The Morgan fingerprint density at radius 3 is 2.88 bits per heavy atom. The fraction of sp³-hybridized carbons (Fsp3) is 0.105. The number of nitrogens with one attached hydrogen (secondary N) is 1. The number of aromatic hydroxyl groups is 1. The van der Waals surface area contributed by atoms with Crippen LogP contribution >= 0.6 is 15.9 Å². The molecule has 25 heavy (non-hydrogen) atoms. The molecule has 0 bridgehead atoms. The molecule has 0 aromatic heterocycles. The molecule has 0 heterocycles. The lowest BCUT2D eigenvalue weighted by atomic mass is 10.0. The first-order chi connectivity index (χ1) is 12.1. The number of hydrogen-bond acceptors (Lipinski definition) is 4. The Hall–Kier alpha value is -2.91. The number of benzene rings is 2. The number of amides is 1. The van der Waals surface area contributed by atoms with Crippen LogP contribution in [0.15, 0.2) is 57.6 Å². The largest absolute Gasteiger partial charge is 0.507 e. The predicted molar refractivity (Wildman–Crippen MR) is 98.8 cm³/mol. The first kappa shape index (κ1) is 16.9. The zero-order valence-corrected chi connectivity index (χ0v) is 14.7. The highest BCUT2D eigenvalue weighted by Gasteiger charge is 2.23. The molecule has 3 rings (SSSR count). The van der Waals surface area contributed by atoms with Gasteiger partial charge in [0.25, 0.3) is 5.91 Å². The predicted octanol–water partition coefficient (Wildman–Crippen LogP) is 3.53. The van der Waals surface area contributed by atoms with Crippen LogP contribution in [0.3, 0.4) is 0 Å². The molecule has 0 saturated heterocycles. The van der Waals surface area contributed by atoms with Gasteiger partial charge in [0.1, 0.15) is 17.4 Å². The highest BCUT2D eigenvalue weighted by molar-refractivity contribution is 9.10. The van der Waals surface area contributed by atoms with E-state index in [9.17, 15) is 15.2 Å². The quantitative estimate of drug-likeness (QED) is 0.360. The molecule has 2 aromatic rings. The molecular formula is C19H14BrN3O2. The topological polar surface area (TPSA) is 85.5 Å². The summed E-state index contributed by atoms with van der Waals surface area (Å²) < 4.78 is 0.778. The van der Waals surface area contributed by atoms with Gasteiger partial charge in [-0.3, -0.25) is 4.79 Å². The van der Waals surface area contributed by atoms with Crippen LogP contribution in [0.5, 0.6) is 5.75 Å². The van der Waals surface area contributed by atoms with Crippen molar-refractivity contribution >= 4 is 33.6 Å². The Morgan fingerprint density at radius 2 is 2.08 bits per heavy atom. The van der Waals surface area contributed by atoms with Gasteiger partial charge in [-0.05, 0) is 47.7 Å². The number of aryl methyl sites for hydroxylation is 1. The maximum Gasteiger partial charge on any atom is 0.282 e. The Bertz CT molecular complexity index is 942. The number of carbonyl (C=O) groups is 1. The summed E-state index contributed by atoms with van der Waals surface area (Å²) in [5.41, 5.74) is 5.71. The molecule has 5 nitrogen and oxygen atoms in total. The average Bonchev–Trinajstić information content (AvgIpc) is 3.03. The van der Waals surface area contributed by atoms with Gasteiger partial charge in [-0.1, -0.05) is 40.2 Å². The summed E-state index contributed by atoms with van der Waals surface area (Å²) in [6.45, 7) is 0. The number of carbonyl (C=O) groups excluding carboxylic acids is 1.